The second-order valence-electron chi connectivity index (χ2n) is 10.9. The van der Waals surface area contributed by atoms with Gasteiger partial charge >= 0.3 is 7.12 Å². The molecule has 0 aromatic heterocycles. The van der Waals surface area contributed by atoms with Crippen LogP contribution < -0.4 is 5.46 Å². The normalized spacial score (nSPS) is 14.7. The van der Waals surface area contributed by atoms with E-state index in [0.717, 1.165) is 31.1 Å². The standard InChI is InChI=1S/C15H21BO3.C9H9BrO.C8H6BrClO/c1-11(17)10-12-6-8-13(9-7-12)16-18-14(2,3)15(4,5)19-16;1-7(11)6-8-2-4-9(10)5-3-8;9-7-3-1-6(2-4-7)5-8(10)11/h6-9H,10H2,1-5H3;2-5H,6H2,1H3;1-4H,5H2. The minimum atomic E-state index is -0.337. The Morgan fingerprint density at radius 1 is 0.634 bits per heavy atom. The zero-order chi connectivity index (χ0) is 30.8. The monoisotopic (exact) mass is 704 g/mol. The summed E-state index contributed by atoms with van der Waals surface area (Å²) in [4.78, 5) is 32.2. The number of hydrogen-bond acceptors (Lipinski definition) is 5. The summed E-state index contributed by atoms with van der Waals surface area (Å²) in [5.74, 6) is 0.371. The molecule has 9 heteroatoms. The van der Waals surface area contributed by atoms with Gasteiger partial charge in [-0.25, -0.2) is 0 Å². The van der Waals surface area contributed by atoms with Crippen molar-refractivity contribution in [3.63, 3.8) is 0 Å². The molecule has 0 unspecified atom stereocenters. The molecule has 0 radical (unpaired) electrons. The van der Waals surface area contributed by atoms with Crippen LogP contribution in [0.15, 0.2) is 81.7 Å². The smallest absolute Gasteiger partial charge is 0.399 e. The molecule has 1 aliphatic rings. The van der Waals surface area contributed by atoms with Crippen LogP contribution in [0.3, 0.4) is 0 Å². The molecule has 0 saturated carbocycles. The summed E-state index contributed by atoms with van der Waals surface area (Å²) in [6.07, 6.45) is 1.31. The lowest BCUT2D eigenvalue weighted by atomic mass is 9.78. The number of Topliss-reactive ketones (excluding diaryl/α,β-unsaturated/α-hetero) is 2. The largest absolute Gasteiger partial charge is 0.494 e. The van der Waals surface area contributed by atoms with Crippen LogP contribution in [-0.2, 0) is 43.0 Å². The Bertz CT molecular complexity index is 1230. The van der Waals surface area contributed by atoms with Crippen molar-refractivity contribution in [3.05, 3.63) is 98.4 Å². The van der Waals surface area contributed by atoms with Gasteiger partial charge in [0.25, 0.3) is 0 Å². The van der Waals surface area contributed by atoms with Crippen LogP contribution in [0.25, 0.3) is 0 Å². The molecule has 0 spiro atoms. The number of benzene rings is 3. The molecule has 1 aliphatic heterocycles. The maximum Gasteiger partial charge on any atom is 0.494 e. The molecule has 0 amide bonds. The summed E-state index contributed by atoms with van der Waals surface area (Å²) in [6.45, 7) is 11.4. The van der Waals surface area contributed by atoms with Gasteiger partial charge in [-0.15, -0.1) is 0 Å². The second-order valence-corrected chi connectivity index (χ2v) is 13.1. The number of carbonyl (C=O) groups excluding carboxylic acids is 3. The fourth-order valence-electron chi connectivity index (χ4n) is 3.71. The Morgan fingerprint density at radius 2 is 0.951 bits per heavy atom. The topological polar surface area (TPSA) is 69.7 Å². The first kappa shape index (κ1) is 35.1. The molecule has 1 heterocycles. The lowest BCUT2D eigenvalue weighted by Crippen LogP contribution is -2.41. The Labute approximate surface area is 265 Å². The van der Waals surface area contributed by atoms with Crippen molar-refractivity contribution >= 4 is 72.9 Å². The zero-order valence-corrected chi connectivity index (χ0v) is 28.2. The van der Waals surface area contributed by atoms with Gasteiger partial charge in [0.1, 0.15) is 11.6 Å². The van der Waals surface area contributed by atoms with Crippen molar-refractivity contribution in [2.45, 2.75) is 72.0 Å². The number of carbonyl (C=O) groups is 3. The molecule has 0 atom stereocenters. The van der Waals surface area contributed by atoms with E-state index < -0.39 is 0 Å². The van der Waals surface area contributed by atoms with Crippen LogP contribution in [0, 0.1) is 0 Å². The molecule has 0 bridgehead atoms. The van der Waals surface area contributed by atoms with Crippen molar-refractivity contribution in [1.82, 2.24) is 0 Å². The number of ketones is 2. The van der Waals surface area contributed by atoms with E-state index in [1.54, 1.807) is 13.8 Å². The van der Waals surface area contributed by atoms with Crippen LogP contribution >= 0.6 is 43.5 Å². The number of rotatable bonds is 7. The molecular formula is C32H36BBr2ClO5. The molecule has 1 fully saturated rings. The Kier molecular flexibility index (Phi) is 13.6. The lowest BCUT2D eigenvalue weighted by molar-refractivity contribution is -0.117. The maximum atomic E-state index is 11.1. The van der Waals surface area contributed by atoms with Crippen LogP contribution in [0.1, 0.15) is 58.2 Å². The van der Waals surface area contributed by atoms with E-state index in [-0.39, 0.29) is 35.1 Å². The summed E-state index contributed by atoms with van der Waals surface area (Å²) < 4.78 is 14.0. The Balaban J connectivity index is 0.000000230. The third-order valence-corrected chi connectivity index (χ3v) is 7.77. The van der Waals surface area contributed by atoms with Gasteiger partial charge in [0, 0.05) is 28.2 Å². The van der Waals surface area contributed by atoms with E-state index in [0.29, 0.717) is 19.3 Å². The minimum Gasteiger partial charge on any atom is -0.399 e. The molecule has 3 aromatic carbocycles. The van der Waals surface area contributed by atoms with Crippen molar-refractivity contribution < 1.29 is 23.7 Å². The minimum absolute atomic E-state index is 0.170. The van der Waals surface area contributed by atoms with E-state index in [1.165, 1.54) is 0 Å². The SMILES string of the molecule is CC(=O)Cc1ccc(B2OC(C)(C)C(C)(C)O2)cc1.CC(=O)Cc1ccc(Br)cc1.O=C(Cl)Cc1ccc(Br)cc1. The first-order valence-corrected chi connectivity index (χ1v) is 15.1. The highest BCUT2D eigenvalue weighted by Crippen LogP contribution is 2.36. The fraction of sp³-hybridized carbons (Fsp3) is 0.344. The molecule has 4 rings (SSSR count). The van der Waals surface area contributed by atoms with Crippen molar-refractivity contribution in [2.24, 2.45) is 0 Å². The number of halogens is 3. The zero-order valence-electron chi connectivity index (χ0n) is 24.3. The first-order chi connectivity index (χ1) is 19.1. The number of hydrogen-bond donors (Lipinski definition) is 0. The second kappa shape index (κ2) is 15.9. The molecule has 5 nitrogen and oxygen atoms in total. The third-order valence-electron chi connectivity index (χ3n) is 6.58. The molecule has 218 valence electrons. The molecule has 41 heavy (non-hydrogen) atoms. The first-order valence-electron chi connectivity index (χ1n) is 13.2. The van der Waals surface area contributed by atoms with E-state index in [1.807, 2.05) is 100 Å². The fourth-order valence-corrected chi connectivity index (χ4v) is 4.39. The van der Waals surface area contributed by atoms with E-state index in [9.17, 15) is 14.4 Å². The van der Waals surface area contributed by atoms with Gasteiger partial charge in [0.2, 0.25) is 5.24 Å². The quantitative estimate of drug-likeness (QED) is 0.189. The maximum absolute atomic E-state index is 11.1. The summed E-state index contributed by atoms with van der Waals surface area (Å²) in [5, 5.41) is -0.327. The van der Waals surface area contributed by atoms with Crippen LogP contribution in [0.4, 0.5) is 0 Å². The third kappa shape index (κ3) is 12.3. The predicted molar refractivity (Wildman–Crippen MR) is 174 cm³/mol. The molecule has 0 aliphatic carbocycles. The highest BCUT2D eigenvalue weighted by molar-refractivity contribution is 9.10. The van der Waals surface area contributed by atoms with E-state index in [2.05, 4.69) is 31.9 Å². The van der Waals surface area contributed by atoms with Gasteiger partial charge in [-0.1, -0.05) is 80.4 Å². The van der Waals surface area contributed by atoms with E-state index >= 15 is 0 Å². The van der Waals surface area contributed by atoms with Gasteiger partial charge in [-0.3, -0.25) is 14.4 Å². The van der Waals surface area contributed by atoms with E-state index in [4.69, 9.17) is 20.9 Å². The van der Waals surface area contributed by atoms with Gasteiger partial charge in [0.15, 0.2) is 0 Å². The van der Waals surface area contributed by atoms with Crippen LogP contribution in [0.5, 0.6) is 0 Å². The van der Waals surface area contributed by atoms with Crippen molar-refractivity contribution in [2.75, 3.05) is 0 Å². The molecule has 0 N–H and O–H groups in total. The summed E-state index contributed by atoms with van der Waals surface area (Å²) >= 11 is 11.8. The predicted octanol–water partition coefficient (Wildman–Crippen LogP) is 7.45. The van der Waals surface area contributed by atoms with Crippen LogP contribution in [-0.4, -0.2) is 35.1 Å². The Hall–Kier alpha value is -2.10. The molecular weight excluding hydrogens is 670 g/mol. The van der Waals surface area contributed by atoms with Gasteiger partial charge < -0.3 is 9.31 Å². The highest BCUT2D eigenvalue weighted by atomic mass is 79.9. The highest BCUT2D eigenvalue weighted by Gasteiger charge is 2.51. The van der Waals surface area contributed by atoms with Gasteiger partial charge in [-0.2, -0.15) is 0 Å². The average Bonchev–Trinajstić information content (AvgIpc) is 3.09. The van der Waals surface area contributed by atoms with Gasteiger partial charge in [0.05, 0.1) is 11.2 Å². The summed E-state index contributed by atoms with van der Waals surface area (Å²) in [7, 11) is -0.337. The van der Waals surface area contributed by atoms with Gasteiger partial charge in [-0.05, 0) is 99.6 Å². The van der Waals surface area contributed by atoms with Crippen molar-refractivity contribution in [3.8, 4) is 0 Å². The lowest BCUT2D eigenvalue weighted by Gasteiger charge is -2.32. The van der Waals surface area contributed by atoms with Crippen molar-refractivity contribution in [1.29, 1.82) is 0 Å². The molecule has 3 aromatic rings. The Morgan fingerprint density at radius 3 is 1.27 bits per heavy atom. The summed E-state index contributed by atoms with van der Waals surface area (Å²) in [5.41, 5.74) is 3.37. The van der Waals surface area contributed by atoms with Crippen LogP contribution in [0.2, 0.25) is 0 Å². The average molecular weight is 707 g/mol. The summed E-state index contributed by atoms with van der Waals surface area (Å²) in [6, 6.07) is 23.1. The molecule has 1 saturated heterocycles.